The van der Waals surface area contributed by atoms with E-state index in [2.05, 4.69) is 32.9 Å². The third-order valence-electron chi connectivity index (χ3n) is 7.22. The van der Waals surface area contributed by atoms with Crippen molar-refractivity contribution in [3.05, 3.63) is 18.2 Å². The summed E-state index contributed by atoms with van der Waals surface area (Å²) >= 11 is 0. The van der Waals surface area contributed by atoms with Crippen LogP contribution in [0.15, 0.2) is 12.4 Å². The van der Waals surface area contributed by atoms with Crippen molar-refractivity contribution in [2.24, 2.45) is 11.3 Å². The van der Waals surface area contributed by atoms with Crippen molar-refractivity contribution in [1.82, 2.24) is 19.8 Å². The van der Waals surface area contributed by atoms with Crippen molar-refractivity contribution in [3.8, 4) is 0 Å². The first kappa shape index (κ1) is 20.2. The van der Waals surface area contributed by atoms with E-state index in [-0.39, 0.29) is 12.4 Å². The second-order valence-corrected chi connectivity index (χ2v) is 8.72. The second kappa shape index (κ2) is 9.07. The van der Waals surface area contributed by atoms with Crippen molar-refractivity contribution in [1.29, 1.82) is 0 Å². The lowest BCUT2D eigenvalue weighted by Crippen LogP contribution is -2.37. The van der Waals surface area contributed by atoms with Gasteiger partial charge in [0, 0.05) is 25.0 Å². The molecule has 1 aliphatic heterocycles. The van der Waals surface area contributed by atoms with Gasteiger partial charge in [0.05, 0.1) is 6.54 Å². The Morgan fingerprint density at radius 3 is 2.73 bits per heavy atom. The minimum absolute atomic E-state index is 0. The molecule has 2 saturated carbocycles. The average Bonchev–Trinajstić information content (AvgIpc) is 3.14. The number of nitrogens with one attached hydrogen (secondary N) is 1. The van der Waals surface area contributed by atoms with Crippen LogP contribution in [-0.2, 0) is 13.1 Å². The molecule has 1 saturated heterocycles. The lowest BCUT2D eigenvalue weighted by Gasteiger charge is -2.31. The Morgan fingerprint density at radius 2 is 2.00 bits per heavy atom. The standard InChI is InChI=1S/C21H36N4.ClH/c1-2-24-15-13-23-20(24)17-25(14-8-18-6-4-3-5-7-18)19-16-21(19)9-11-22-12-10-21;/h13,15,18-19,22H,2-12,14,16-17H2,1H3;1H. The topological polar surface area (TPSA) is 33.1 Å². The molecule has 1 spiro atoms. The highest BCUT2D eigenvalue weighted by molar-refractivity contribution is 5.85. The first-order chi connectivity index (χ1) is 12.3. The summed E-state index contributed by atoms with van der Waals surface area (Å²) in [5, 5.41) is 3.55. The van der Waals surface area contributed by atoms with Gasteiger partial charge in [0.2, 0.25) is 0 Å². The van der Waals surface area contributed by atoms with Crippen LogP contribution < -0.4 is 5.32 Å². The lowest BCUT2D eigenvalue weighted by molar-refractivity contribution is 0.171. The van der Waals surface area contributed by atoms with E-state index in [1.165, 1.54) is 83.2 Å². The molecule has 2 aliphatic carbocycles. The maximum Gasteiger partial charge on any atom is 0.122 e. The molecule has 5 heteroatoms. The van der Waals surface area contributed by atoms with Crippen molar-refractivity contribution in [2.75, 3.05) is 19.6 Å². The maximum atomic E-state index is 4.67. The minimum Gasteiger partial charge on any atom is -0.334 e. The van der Waals surface area contributed by atoms with Gasteiger partial charge in [0.15, 0.2) is 0 Å². The maximum absolute atomic E-state index is 4.67. The summed E-state index contributed by atoms with van der Waals surface area (Å²) in [5.41, 5.74) is 0.626. The molecule has 26 heavy (non-hydrogen) atoms. The number of rotatable bonds is 7. The molecule has 2 heterocycles. The number of aryl methyl sites for hydroxylation is 1. The van der Waals surface area contributed by atoms with Crippen LogP contribution in [0, 0.1) is 11.3 Å². The molecule has 0 bridgehead atoms. The summed E-state index contributed by atoms with van der Waals surface area (Å²) in [5.74, 6) is 2.24. The Balaban J connectivity index is 0.00000196. The van der Waals surface area contributed by atoms with Gasteiger partial charge in [-0.2, -0.15) is 0 Å². The highest BCUT2D eigenvalue weighted by Gasteiger charge is 2.56. The predicted molar refractivity (Wildman–Crippen MR) is 110 cm³/mol. The molecular formula is C21H37ClN4. The van der Waals surface area contributed by atoms with Gasteiger partial charge in [-0.05, 0) is 63.6 Å². The molecular weight excluding hydrogens is 344 g/mol. The van der Waals surface area contributed by atoms with E-state index in [0.717, 1.165) is 25.0 Å². The molecule has 3 aliphatic rings. The molecule has 4 nitrogen and oxygen atoms in total. The van der Waals surface area contributed by atoms with Crippen LogP contribution in [0.5, 0.6) is 0 Å². The van der Waals surface area contributed by atoms with Crippen molar-refractivity contribution < 1.29 is 0 Å². The van der Waals surface area contributed by atoms with E-state index < -0.39 is 0 Å². The van der Waals surface area contributed by atoms with Gasteiger partial charge in [-0.1, -0.05) is 32.1 Å². The van der Waals surface area contributed by atoms with Crippen LogP contribution in [0.25, 0.3) is 0 Å². The summed E-state index contributed by atoms with van der Waals surface area (Å²) < 4.78 is 2.32. The van der Waals surface area contributed by atoms with E-state index in [4.69, 9.17) is 0 Å². The molecule has 0 aromatic carbocycles. The van der Waals surface area contributed by atoms with Gasteiger partial charge in [-0.25, -0.2) is 4.98 Å². The number of hydrogen-bond acceptors (Lipinski definition) is 3. The molecule has 1 atom stereocenters. The number of imidazole rings is 1. The van der Waals surface area contributed by atoms with Gasteiger partial charge in [0.1, 0.15) is 5.82 Å². The second-order valence-electron chi connectivity index (χ2n) is 8.72. The Morgan fingerprint density at radius 1 is 1.23 bits per heavy atom. The van der Waals surface area contributed by atoms with Gasteiger partial charge >= 0.3 is 0 Å². The molecule has 148 valence electrons. The van der Waals surface area contributed by atoms with Crippen LogP contribution in [0.1, 0.15) is 70.5 Å². The number of nitrogens with zero attached hydrogens (tertiary/aromatic N) is 3. The molecule has 1 aromatic rings. The lowest BCUT2D eigenvalue weighted by atomic mass is 9.87. The fraction of sp³-hybridized carbons (Fsp3) is 0.857. The molecule has 0 amide bonds. The first-order valence-corrected chi connectivity index (χ1v) is 10.8. The Hall–Kier alpha value is -0.580. The fourth-order valence-electron chi connectivity index (χ4n) is 5.44. The van der Waals surface area contributed by atoms with E-state index in [9.17, 15) is 0 Å². The van der Waals surface area contributed by atoms with Crippen LogP contribution in [0.4, 0.5) is 0 Å². The van der Waals surface area contributed by atoms with Crippen LogP contribution in [0.3, 0.4) is 0 Å². The predicted octanol–water partition coefficient (Wildman–Crippen LogP) is 4.24. The Labute approximate surface area is 165 Å². The molecule has 1 aromatic heterocycles. The van der Waals surface area contributed by atoms with E-state index in [1.807, 2.05) is 6.20 Å². The van der Waals surface area contributed by atoms with E-state index >= 15 is 0 Å². The molecule has 1 unspecified atom stereocenters. The summed E-state index contributed by atoms with van der Waals surface area (Å²) in [6.45, 7) is 8.02. The Kier molecular flexibility index (Phi) is 7.04. The van der Waals surface area contributed by atoms with Crippen molar-refractivity contribution in [3.63, 3.8) is 0 Å². The molecule has 1 N–H and O–H groups in total. The summed E-state index contributed by atoms with van der Waals surface area (Å²) in [7, 11) is 0. The summed E-state index contributed by atoms with van der Waals surface area (Å²) in [6.07, 6.45) is 17.0. The number of halogens is 1. The first-order valence-electron chi connectivity index (χ1n) is 10.8. The molecule has 3 fully saturated rings. The summed E-state index contributed by atoms with van der Waals surface area (Å²) in [6, 6.07) is 0.806. The SMILES string of the molecule is CCn1ccnc1CN(CCC1CCCCC1)C1CC12CCNCC2.Cl. The normalized spacial score (nSPS) is 25.4. The zero-order valence-electron chi connectivity index (χ0n) is 16.5. The number of hydrogen-bond donors (Lipinski definition) is 1. The van der Waals surface area contributed by atoms with Crippen LogP contribution >= 0.6 is 12.4 Å². The van der Waals surface area contributed by atoms with E-state index in [1.54, 1.807) is 0 Å². The summed E-state index contributed by atoms with van der Waals surface area (Å²) in [4.78, 5) is 7.49. The highest BCUT2D eigenvalue weighted by Crippen LogP contribution is 2.56. The monoisotopic (exact) mass is 380 g/mol. The third-order valence-corrected chi connectivity index (χ3v) is 7.22. The number of aromatic nitrogens is 2. The zero-order chi connectivity index (χ0) is 17.1. The van der Waals surface area contributed by atoms with Gasteiger partial charge < -0.3 is 9.88 Å². The van der Waals surface area contributed by atoms with Crippen molar-refractivity contribution in [2.45, 2.75) is 83.8 Å². The molecule has 4 rings (SSSR count). The third kappa shape index (κ3) is 4.45. The fourth-order valence-corrected chi connectivity index (χ4v) is 5.44. The average molecular weight is 381 g/mol. The van der Waals surface area contributed by atoms with Crippen LogP contribution in [-0.4, -0.2) is 40.1 Å². The number of piperidine rings is 1. The van der Waals surface area contributed by atoms with E-state index in [0.29, 0.717) is 5.41 Å². The largest absolute Gasteiger partial charge is 0.334 e. The van der Waals surface area contributed by atoms with Crippen LogP contribution in [0.2, 0.25) is 0 Å². The molecule has 0 radical (unpaired) electrons. The van der Waals surface area contributed by atoms with Gasteiger partial charge in [0.25, 0.3) is 0 Å². The smallest absolute Gasteiger partial charge is 0.122 e. The zero-order valence-corrected chi connectivity index (χ0v) is 17.3. The Bertz CT molecular complexity index is 546. The van der Waals surface area contributed by atoms with Crippen molar-refractivity contribution >= 4 is 12.4 Å². The minimum atomic E-state index is 0. The highest BCUT2D eigenvalue weighted by atomic mass is 35.5. The van der Waals surface area contributed by atoms with Gasteiger partial charge in [-0.15, -0.1) is 12.4 Å². The quantitative estimate of drug-likeness (QED) is 0.767. The van der Waals surface area contributed by atoms with Gasteiger partial charge in [-0.3, -0.25) is 4.90 Å².